The van der Waals surface area contributed by atoms with Crippen LogP contribution < -0.4 is 10.6 Å². The van der Waals surface area contributed by atoms with Gasteiger partial charge >= 0.3 is 12.0 Å². The molecule has 1 aliphatic rings. The zero-order valence-electron chi connectivity index (χ0n) is 9.42. The van der Waals surface area contributed by atoms with Crippen molar-refractivity contribution in [1.29, 1.82) is 0 Å². The maximum absolute atomic E-state index is 11.5. The van der Waals surface area contributed by atoms with Crippen LogP contribution in [0.4, 0.5) is 9.93 Å². The molecule has 1 unspecified atom stereocenters. The molecule has 1 heterocycles. The smallest absolute Gasteiger partial charge is 0.328 e. The average Bonchev–Trinajstić information content (AvgIpc) is 3.07. The van der Waals surface area contributed by atoms with Crippen LogP contribution in [0.1, 0.15) is 24.5 Å². The Kier molecular flexibility index (Phi) is 3.78. The van der Waals surface area contributed by atoms with Crippen LogP contribution in [0.25, 0.3) is 0 Å². The number of carbonyl (C=O) groups is 2. The third-order valence-corrected chi connectivity index (χ3v) is 3.30. The molecule has 4 N–H and O–H groups in total. The molecule has 0 aliphatic heterocycles. The van der Waals surface area contributed by atoms with Gasteiger partial charge in [0.05, 0.1) is 12.3 Å². The summed E-state index contributed by atoms with van der Waals surface area (Å²) >= 11 is 1.30. The summed E-state index contributed by atoms with van der Waals surface area (Å²) in [6, 6.07) is -2.00. The van der Waals surface area contributed by atoms with E-state index in [0.29, 0.717) is 11.0 Å². The minimum atomic E-state index is -1.31. The first-order chi connectivity index (χ1) is 8.60. The Bertz CT molecular complexity index is 458. The van der Waals surface area contributed by atoms with Crippen LogP contribution in [0.3, 0.4) is 0 Å². The zero-order valence-corrected chi connectivity index (χ0v) is 10.2. The number of thiazole rings is 1. The summed E-state index contributed by atoms with van der Waals surface area (Å²) in [6.07, 6.45) is 2.25. The third kappa shape index (κ3) is 3.17. The molecule has 1 saturated carbocycles. The van der Waals surface area contributed by atoms with Crippen molar-refractivity contribution in [3.63, 3.8) is 0 Å². The number of hydrogen-bond acceptors (Lipinski definition) is 5. The second kappa shape index (κ2) is 5.32. The average molecular weight is 271 g/mol. The Balaban J connectivity index is 1.87. The molecule has 2 amide bonds. The summed E-state index contributed by atoms with van der Waals surface area (Å²) in [5.74, 6) is -0.783. The molecular formula is C10H13N3O4S. The predicted octanol–water partition coefficient (Wildman–Crippen LogP) is 0.587. The van der Waals surface area contributed by atoms with Gasteiger partial charge in [-0.25, -0.2) is 14.6 Å². The first kappa shape index (κ1) is 12.8. The Morgan fingerprint density at radius 3 is 2.83 bits per heavy atom. The molecule has 1 aromatic heterocycles. The topological polar surface area (TPSA) is 112 Å². The number of carboxylic acids is 1. The number of aliphatic hydroxyl groups excluding tert-OH is 1. The summed E-state index contributed by atoms with van der Waals surface area (Å²) < 4.78 is 0. The van der Waals surface area contributed by atoms with Crippen LogP contribution in [0.5, 0.6) is 0 Å². The number of aliphatic carboxylic acids is 1. The van der Waals surface area contributed by atoms with Crippen LogP contribution in [0.15, 0.2) is 5.38 Å². The highest BCUT2D eigenvalue weighted by Gasteiger charge is 2.26. The summed E-state index contributed by atoms with van der Waals surface area (Å²) in [5.41, 5.74) is 0.965. The number of amides is 2. The monoisotopic (exact) mass is 271 g/mol. The molecule has 2 rings (SSSR count). The van der Waals surface area contributed by atoms with Crippen LogP contribution in [-0.2, 0) is 4.79 Å². The number of nitrogens with one attached hydrogen (secondary N) is 2. The fourth-order valence-electron chi connectivity index (χ4n) is 1.39. The first-order valence-corrected chi connectivity index (χ1v) is 6.34. The van der Waals surface area contributed by atoms with Crippen LogP contribution in [-0.4, -0.2) is 39.8 Å². The first-order valence-electron chi connectivity index (χ1n) is 5.46. The number of carbonyl (C=O) groups excluding carboxylic acids is 1. The van der Waals surface area contributed by atoms with Gasteiger partial charge in [-0.3, -0.25) is 5.32 Å². The molecule has 0 saturated heterocycles. The van der Waals surface area contributed by atoms with Gasteiger partial charge in [0.15, 0.2) is 11.2 Å². The normalized spacial score (nSPS) is 16.1. The summed E-state index contributed by atoms with van der Waals surface area (Å²) in [5, 5.41) is 24.3. The van der Waals surface area contributed by atoms with Crippen molar-refractivity contribution in [3.05, 3.63) is 11.1 Å². The van der Waals surface area contributed by atoms with Gasteiger partial charge in [-0.1, -0.05) is 0 Å². The number of urea groups is 1. The lowest BCUT2D eigenvalue weighted by atomic mass is 10.3. The molecule has 1 atom stereocenters. The van der Waals surface area contributed by atoms with E-state index < -0.39 is 24.6 Å². The van der Waals surface area contributed by atoms with Gasteiger partial charge in [-0.05, 0) is 12.8 Å². The Labute approximate surface area is 107 Å². The highest BCUT2D eigenvalue weighted by atomic mass is 32.1. The third-order valence-electron chi connectivity index (χ3n) is 2.52. The molecule has 0 radical (unpaired) electrons. The van der Waals surface area contributed by atoms with E-state index in [1.807, 2.05) is 5.38 Å². The molecule has 8 heteroatoms. The highest BCUT2D eigenvalue weighted by Crippen LogP contribution is 2.40. The number of hydrogen-bond donors (Lipinski definition) is 4. The molecule has 1 aromatic rings. The van der Waals surface area contributed by atoms with E-state index in [2.05, 4.69) is 15.6 Å². The van der Waals surface area contributed by atoms with Crippen molar-refractivity contribution in [3.8, 4) is 0 Å². The maximum Gasteiger partial charge on any atom is 0.328 e. The van der Waals surface area contributed by atoms with Gasteiger partial charge in [0, 0.05) is 11.3 Å². The van der Waals surface area contributed by atoms with Crippen LogP contribution in [0, 0.1) is 0 Å². The van der Waals surface area contributed by atoms with E-state index in [4.69, 9.17) is 10.2 Å². The minimum absolute atomic E-state index is 0.427. The van der Waals surface area contributed by atoms with Gasteiger partial charge in [0.2, 0.25) is 0 Å². The number of aliphatic hydroxyl groups is 1. The van der Waals surface area contributed by atoms with E-state index in [9.17, 15) is 9.59 Å². The molecule has 1 aliphatic carbocycles. The number of aromatic nitrogens is 1. The van der Waals surface area contributed by atoms with Crippen molar-refractivity contribution < 1.29 is 19.8 Å². The molecule has 0 aromatic carbocycles. The summed E-state index contributed by atoms with van der Waals surface area (Å²) in [4.78, 5) is 26.3. The number of anilines is 1. The fraction of sp³-hybridized carbons (Fsp3) is 0.500. The number of carboxylic acid groups (broad SMARTS) is 1. The van der Waals surface area contributed by atoms with Crippen molar-refractivity contribution in [2.24, 2.45) is 0 Å². The zero-order chi connectivity index (χ0) is 13.1. The molecule has 7 nitrogen and oxygen atoms in total. The quantitative estimate of drug-likeness (QED) is 0.626. The van der Waals surface area contributed by atoms with Crippen molar-refractivity contribution >= 4 is 28.5 Å². The second-order valence-corrected chi connectivity index (χ2v) is 4.88. The lowest BCUT2D eigenvalue weighted by Gasteiger charge is -2.11. The molecule has 1 fully saturated rings. The van der Waals surface area contributed by atoms with Gasteiger partial charge in [0.1, 0.15) is 0 Å². The van der Waals surface area contributed by atoms with E-state index >= 15 is 0 Å². The lowest BCUT2D eigenvalue weighted by Crippen LogP contribution is -2.45. The Hall–Kier alpha value is -1.67. The Morgan fingerprint density at radius 2 is 2.28 bits per heavy atom. The number of rotatable bonds is 5. The predicted molar refractivity (Wildman–Crippen MR) is 64.8 cm³/mol. The van der Waals surface area contributed by atoms with Gasteiger partial charge < -0.3 is 15.5 Å². The second-order valence-electron chi connectivity index (χ2n) is 4.02. The maximum atomic E-state index is 11.5. The highest BCUT2D eigenvalue weighted by molar-refractivity contribution is 7.13. The lowest BCUT2D eigenvalue weighted by molar-refractivity contribution is -0.140. The summed E-state index contributed by atoms with van der Waals surface area (Å²) in [7, 11) is 0. The van der Waals surface area contributed by atoms with Gasteiger partial charge in [0.25, 0.3) is 0 Å². The summed E-state index contributed by atoms with van der Waals surface area (Å²) in [6.45, 7) is -0.659. The molecule has 0 bridgehead atoms. The molecule has 18 heavy (non-hydrogen) atoms. The number of nitrogens with zero attached hydrogens (tertiary/aromatic N) is 1. The molecular weight excluding hydrogens is 258 g/mol. The largest absolute Gasteiger partial charge is 0.480 e. The van der Waals surface area contributed by atoms with Crippen molar-refractivity contribution in [2.75, 3.05) is 11.9 Å². The van der Waals surface area contributed by atoms with Crippen LogP contribution in [0.2, 0.25) is 0 Å². The SMILES string of the molecule is O=C(Nc1nc(C2CC2)cs1)NC(CO)C(=O)O. The van der Waals surface area contributed by atoms with E-state index in [0.717, 1.165) is 18.5 Å². The standard InChI is InChI=1S/C10H13N3O4S/c14-3-6(8(15)16)11-9(17)13-10-12-7(4-18-10)5-1-2-5/h4-6,14H,1-3H2,(H,15,16)(H2,11,12,13,17). The van der Waals surface area contributed by atoms with E-state index in [1.54, 1.807) is 0 Å². The Morgan fingerprint density at radius 1 is 1.56 bits per heavy atom. The van der Waals surface area contributed by atoms with Gasteiger partial charge in [-0.2, -0.15) is 0 Å². The fourth-order valence-corrected chi connectivity index (χ4v) is 2.17. The molecule has 0 spiro atoms. The van der Waals surface area contributed by atoms with Crippen LogP contribution >= 0.6 is 11.3 Å². The van der Waals surface area contributed by atoms with Crippen molar-refractivity contribution in [2.45, 2.75) is 24.8 Å². The van der Waals surface area contributed by atoms with E-state index in [-0.39, 0.29) is 0 Å². The van der Waals surface area contributed by atoms with Crippen molar-refractivity contribution in [1.82, 2.24) is 10.3 Å². The van der Waals surface area contributed by atoms with Gasteiger partial charge in [-0.15, -0.1) is 11.3 Å². The molecule has 98 valence electrons. The minimum Gasteiger partial charge on any atom is -0.480 e. The van der Waals surface area contributed by atoms with E-state index in [1.165, 1.54) is 11.3 Å².